The van der Waals surface area contributed by atoms with Gasteiger partial charge in [-0.3, -0.25) is 9.89 Å². The first-order valence-corrected chi connectivity index (χ1v) is 12.5. The Balaban J connectivity index is 2.09. The number of rotatable bonds is 10. The van der Waals surface area contributed by atoms with Gasteiger partial charge in [-0.05, 0) is 41.9 Å². The maximum Gasteiger partial charge on any atom is 0.191 e. The van der Waals surface area contributed by atoms with Gasteiger partial charge in [0.2, 0.25) is 0 Å². The monoisotopic (exact) mass is 448 g/mol. The summed E-state index contributed by atoms with van der Waals surface area (Å²) >= 11 is 0. The van der Waals surface area contributed by atoms with Crippen molar-refractivity contribution in [3.05, 3.63) is 71.0 Å². The highest BCUT2D eigenvalue weighted by Gasteiger charge is 2.18. The second kappa shape index (κ2) is 11.8. The molecule has 2 N–H and O–H groups in total. The Bertz CT molecular complexity index is 961. The Morgan fingerprint density at radius 3 is 2.32 bits per heavy atom. The van der Waals surface area contributed by atoms with E-state index in [-0.39, 0.29) is 18.3 Å². The number of hydrogen-bond acceptors (Lipinski definition) is 4. The molecule has 2 aromatic rings. The number of nitrogens with one attached hydrogen (secondary N) is 2. The molecule has 0 saturated heterocycles. The molecule has 2 aromatic carbocycles. The van der Waals surface area contributed by atoms with Gasteiger partial charge in [0.25, 0.3) is 0 Å². The van der Waals surface area contributed by atoms with Crippen molar-refractivity contribution >= 4 is 15.8 Å². The lowest BCUT2D eigenvalue weighted by Crippen LogP contribution is -2.43. The van der Waals surface area contributed by atoms with Crippen LogP contribution >= 0.6 is 0 Å². The molecular weight excluding hydrogens is 415 g/mol. The molecule has 0 aliphatic carbocycles. The van der Waals surface area contributed by atoms with Crippen LogP contribution in [0.25, 0.3) is 0 Å². The van der Waals surface area contributed by atoms with Crippen molar-refractivity contribution in [1.82, 2.24) is 15.5 Å². The van der Waals surface area contributed by atoms with Gasteiger partial charge in [0.15, 0.2) is 15.8 Å². The van der Waals surface area contributed by atoms with Gasteiger partial charge < -0.3 is 10.6 Å². The molecule has 170 valence electrons. The Labute approximate surface area is 185 Å². The number of guanidine groups is 1. The molecule has 0 saturated carbocycles. The minimum absolute atomic E-state index is 0.131. The van der Waals surface area contributed by atoms with E-state index >= 15 is 0 Å². The summed E-state index contributed by atoms with van der Waals surface area (Å²) in [7, 11) is -1.55. The molecule has 0 aromatic heterocycles. The third-order valence-corrected chi connectivity index (χ3v) is 5.99. The average Bonchev–Trinajstić information content (AvgIpc) is 2.74. The van der Waals surface area contributed by atoms with Crippen LogP contribution in [0, 0.1) is 5.82 Å². The van der Waals surface area contributed by atoms with Crippen LogP contribution < -0.4 is 10.6 Å². The molecule has 0 aliphatic rings. The maximum atomic E-state index is 13.8. The minimum Gasteiger partial charge on any atom is -0.354 e. The van der Waals surface area contributed by atoms with Gasteiger partial charge in [0.05, 0.1) is 11.8 Å². The Kier molecular flexibility index (Phi) is 9.45. The second-order valence-corrected chi connectivity index (χ2v) is 9.58. The van der Waals surface area contributed by atoms with Crippen molar-refractivity contribution in [1.29, 1.82) is 0 Å². The van der Waals surface area contributed by atoms with Crippen LogP contribution in [0.1, 0.15) is 36.6 Å². The highest BCUT2D eigenvalue weighted by Crippen LogP contribution is 2.19. The molecule has 1 unspecified atom stereocenters. The van der Waals surface area contributed by atoms with Crippen molar-refractivity contribution < 1.29 is 12.8 Å². The summed E-state index contributed by atoms with van der Waals surface area (Å²) in [4.78, 5) is 6.64. The SMILES string of the molecule is CCN(CC)C(CNC(=NC)NCc1cc(F)ccc1CS(C)(=O)=O)c1ccccc1. The van der Waals surface area contributed by atoms with Gasteiger partial charge in [-0.15, -0.1) is 0 Å². The first-order chi connectivity index (χ1) is 14.8. The predicted molar refractivity (Wildman–Crippen MR) is 125 cm³/mol. The third kappa shape index (κ3) is 7.95. The van der Waals surface area contributed by atoms with Gasteiger partial charge in [-0.25, -0.2) is 12.8 Å². The first-order valence-electron chi connectivity index (χ1n) is 10.5. The third-order valence-electron chi connectivity index (χ3n) is 5.16. The topological polar surface area (TPSA) is 73.8 Å². The van der Waals surface area contributed by atoms with Gasteiger partial charge in [-0.2, -0.15) is 0 Å². The highest BCUT2D eigenvalue weighted by molar-refractivity contribution is 7.89. The molecule has 0 spiro atoms. The molecule has 2 rings (SSSR count). The number of likely N-dealkylation sites (N-methyl/N-ethyl adjacent to an activating group) is 1. The van der Waals surface area contributed by atoms with E-state index in [1.807, 2.05) is 18.2 Å². The van der Waals surface area contributed by atoms with Gasteiger partial charge in [0, 0.05) is 26.4 Å². The molecule has 1 atom stereocenters. The summed E-state index contributed by atoms with van der Waals surface area (Å²) in [6.07, 6.45) is 1.17. The fourth-order valence-electron chi connectivity index (χ4n) is 3.57. The molecule has 6 nitrogen and oxygen atoms in total. The molecule has 0 fully saturated rings. The van der Waals surface area contributed by atoms with Crippen LogP contribution in [0.15, 0.2) is 53.5 Å². The zero-order valence-corrected chi connectivity index (χ0v) is 19.5. The summed E-state index contributed by atoms with van der Waals surface area (Å²) in [6.45, 7) is 7.03. The quantitative estimate of drug-likeness (QED) is 0.432. The minimum atomic E-state index is -3.23. The Morgan fingerprint density at radius 1 is 1.06 bits per heavy atom. The summed E-state index contributed by atoms with van der Waals surface area (Å²) in [5.41, 5.74) is 2.39. The molecule has 0 heterocycles. The fraction of sp³-hybridized carbons (Fsp3) is 0.435. The van der Waals surface area contributed by atoms with E-state index in [9.17, 15) is 12.8 Å². The predicted octanol–water partition coefficient (Wildman–Crippen LogP) is 3.12. The molecule has 8 heteroatoms. The summed E-state index contributed by atoms with van der Waals surface area (Å²) < 4.78 is 37.2. The normalized spacial score (nSPS) is 13.3. The van der Waals surface area contributed by atoms with E-state index in [0.717, 1.165) is 13.1 Å². The van der Waals surface area contributed by atoms with Crippen molar-refractivity contribution in [2.45, 2.75) is 32.2 Å². The first kappa shape index (κ1) is 24.8. The molecule has 31 heavy (non-hydrogen) atoms. The smallest absolute Gasteiger partial charge is 0.191 e. The second-order valence-electron chi connectivity index (χ2n) is 7.44. The Hall–Kier alpha value is -2.45. The van der Waals surface area contributed by atoms with Crippen LogP contribution in [-0.4, -0.2) is 52.2 Å². The summed E-state index contributed by atoms with van der Waals surface area (Å²) in [5.74, 6) is 0.0410. The fourth-order valence-corrected chi connectivity index (χ4v) is 4.42. The van der Waals surface area contributed by atoms with Crippen LogP contribution in [0.4, 0.5) is 4.39 Å². The van der Waals surface area contributed by atoms with E-state index in [1.165, 1.54) is 30.0 Å². The van der Waals surface area contributed by atoms with Crippen molar-refractivity contribution in [2.75, 3.05) is 32.9 Å². The lowest BCUT2D eigenvalue weighted by Gasteiger charge is -2.30. The average molecular weight is 449 g/mol. The lowest BCUT2D eigenvalue weighted by atomic mass is 10.1. The van der Waals surface area contributed by atoms with E-state index in [0.29, 0.717) is 23.6 Å². The molecular formula is C23H33FN4O2S. The van der Waals surface area contributed by atoms with Gasteiger partial charge in [0.1, 0.15) is 5.82 Å². The lowest BCUT2D eigenvalue weighted by molar-refractivity contribution is 0.219. The van der Waals surface area contributed by atoms with Crippen molar-refractivity contribution in [3.8, 4) is 0 Å². The zero-order valence-electron chi connectivity index (χ0n) is 18.7. The number of halogens is 1. The van der Waals surface area contributed by atoms with Crippen LogP contribution in [0.3, 0.4) is 0 Å². The maximum absolute atomic E-state index is 13.8. The van der Waals surface area contributed by atoms with Crippen molar-refractivity contribution in [3.63, 3.8) is 0 Å². The van der Waals surface area contributed by atoms with Crippen molar-refractivity contribution in [2.24, 2.45) is 4.99 Å². The largest absolute Gasteiger partial charge is 0.354 e. The molecule has 0 bridgehead atoms. The number of aliphatic imine (C=N–C) groups is 1. The standard InChI is InChI=1S/C23H33FN4O2S/c1-5-28(6-2)22(18-10-8-7-9-11-18)16-27-23(25-3)26-15-20-14-21(24)13-12-19(20)17-31(4,29)30/h7-14,22H,5-6,15-17H2,1-4H3,(H2,25,26,27). The van der Waals surface area contributed by atoms with Gasteiger partial charge >= 0.3 is 0 Å². The summed E-state index contributed by atoms with van der Waals surface area (Å²) in [6, 6.07) is 14.6. The van der Waals surface area contributed by atoms with E-state index in [4.69, 9.17) is 0 Å². The molecule has 0 aliphatic heterocycles. The molecule has 0 amide bonds. The van der Waals surface area contributed by atoms with Crippen LogP contribution in [0.2, 0.25) is 0 Å². The van der Waals surface area contributed by atoms with E-state index in [1.54, 1.807) is 7.05 Å². The summed E-state index contributed by atoms with van der Waals surface area (Å²) in [5, 5.41) is 6.53. The Morgan fingerprint density at radius 2 is 1.74 bits per heavy atom. The van der Waals surface area contributed by atoms with Crippen LogP contribution in [0.5, 0.6) is 0 Å². The number of benzene rings is 2. The van der Waals surface area contributed by atoms with E-state index < -0.39 is 15.7 Å². The zero-order chi connectivity index (χ0) is 22.9. The number of nitrogens with zero attached hydrogens (tertiary/aromatic N) is 2. The highest BCUT2D eigenvalue weighted by atomic mass is 32.2. The van der Waals surface area contributed by atoms with Gasteiger partial charge in [-0.1, -0.05) is 50.2 Å². The number of sulfone groups is 1. The molecule has 0 radical (unpaired) electrons. The van der Waals surface area contributed by atoms with E-state index in [2.05, 4.69) is 46.5 Å². The van der Waals surface area contributed by atoms with Crippen LogP contribution in [-0.2, 0) is 22.1 Å². The number of hydrogen-bond donors (Lipinski definition) is 2.